The first-order chi connectivity index (χ1) is 8.83. The number of hydrogen-bond acceptors (Lipinski definition) is 3. The van der Waals surface area contributed by atoms with Crippen LogP contribution in [0.3, 0.4) is 0 Å². The third kappa shape index (κ3) is 5.39. The number of nitrogens with zero attached hydrogens (tertiary/aromatic N) is 2. The summed E-state index contributed by atoms with van der Waals surface area (Å²) >= 11 is 0. The third-order valence-corrected chi connectivity index (χ3v) is 3.01. The van der Waals surface area contributed by atoms with E-state index in [0.717, 1.165) is 12.0 Å². The Morgan fingerprint density at radius 2 is 2.16 bits per heavy atom. The van der Waals surface area contributed by atoms with E-state index in [1.807, 2.05) is 19.2 Å². The summed E-state index contributed by atoms with van der Waals surface area (Å²) in [5.41, 5.74) is 6.89. The van der Waals surface area contributed by atoms with Crippen molar-refractivity contribution in [3.05, 3.63) is 30.1 Å². The van der Waals surface area contributed by atoms with Gasteiger partial charge in [-0.05, 0) is 23.5 Å². The Bertz CT molecular complexity index is 398. The first kappa shape index (κ1) is 15.6. The number of aromatic nitrogens is 1. The molecule has 1 aromatic heterocycles. The van der Waals surface area contributed by atoms with Gasteiger partial charge >= 0.3 is 0 Å². The molecule has 19 heavy (non-hydrogen) atoms. The molecule has 0 aliphatic heterocycles. The maximum atomic E-state index is 12.4. The fraction of sp³-hybridized carbons (Fsp3) is 0.600. The van der Waals surface area contributed by atoms with Crippen molar-refractivity contribution in [3.8, 4) is 0 Å². The summed E-state index contributed by atoms with van der Waals surface area (Å²) in [7, 11) is 1.82. The second-order valence-corrected chi connectivity index (χ2v) is 6.25. The van der Waals surface area contributed by atoms with E-state index in [1.165, 1.54) is 0 Å². The van der Waals surface area contributed by atoms with Gasteiger partial charge in [0.05, 0.1) is 5.92 Å². The molecule has 1 aromatic rings. The maximum absolute atomic E-state index is 12.4. The zero-order chi connectivity index (χ0) is 14.5. The van der Waals surface area contributed by atoms with Crippen LogP contribution in [-0.4, -0.2) is 29.4 Å². The average Bonchev–Trinajstić information content (AvgIpc) is 2.35. The van der Waals surface area contributed by atoms with Gasteiger partial charge in [-0.3, -0.25) is 9.78 Å². The molecule has 1 amide bonds. The lowest BCUT2D eigenvalue weighted by Crippen LogP contribution is -2.38. The molecule has 0 aliphatic rings. The lowest BCUT2D eigenvalue weighted by Gasteiger charge is -2.28. The Labute approximate surface area is 116 Å². The van der Waals surface area contributed by atoms with Gasteiger partial charge in [-0.1, -0.05) is 26.8 Å². The van der Waals surface area contributed by atoms with Gasteiger partial charge in [0.2, 0.25) is 5.91 Å². The SMILES string of the molecule is CN(Cc1cccnc1)C(=O)C(CN)CC(C)(C)C. The number of carbonyl (C=O) groups is 1. The predicted octanol–water partition coefficient (Wildman–Crippen LogP) is 2.05. The maximum Gasteiger partial charge on any atom is 0.227 e. The van der Waals surface area contributed by atoms with E-state index in [-0.39, 0.29) is 17.2 Å². The standard InChI is InChI=1S/C15H25N3O/c1-15(2,3)8-13(9-16)14(19)18(4)11-12-6-5-7-17-10-12/h5-7,10,13H,8-9,11,16H2,1-4H3. The molecule has 4 nitrogen and oxygen atoms in total. The molecule has 0 spiro atoms. The largest absolute Gasteiger partial charge is 0.341 e. The smallest absolute Gasteiger partial charge is 0.227 e. The molecule has 0 radical (unpaired) electrons. The van der Waals surface area contributed by atoms with Gasteiger partial charge < -0.3 is 10.6 Å². The number of carbonyl (C=O) groups excluding carboxylic acids is 1. The van der Waals surface area contributed by atoms with Gasteiger partial charge in [-0.2, -0.15) is 0 Å². The van der Waals surface area contributed by atoms with Gasteiger partial charge in [0.15, 0.2) is 0 Å². The molecule has 0 bridgehead atoms. The topological polar surface area (TPSA) is 59.2 Å². The zero-order valence-electron chi connectivity index (χ0n) is 12.4. The zero-order valence-corrected chi connectivity index (χ0v) is 12.4. The molecule has 1 atom stereocenters. The minimum atomic E-state index is -0.110. The van der Waals surface area contributed by atoms with Crippen LogP contribution in [-0.2, 0) is 11.3 Å². The molecule has 0 saturated heterocycles. The Morgan fingerprint density at radius 1 is 1.47 bits per heavy atom. The highest BCUT2D eigenvalue weighted by atomic mass is 16.2. The van der Waals surface area contributed by atoms with Gasteiger partial charge in [0.1, 0.15) is 0 Å². The van der Waals surface area contributed by atoms with Gasteiger partial charge in [-0.25, -0.2) is 0 Å². The van der Waals surface area contributed by atoms with E-state index in [4.69, 9.17) is 5.73 Å². The molecule has 0 aliphatic carbocycles. The van der Waals surface area contributed by atoms with Crippen LogP contribution in [0.4, 0.5) is 0 Å². The molecule has 0 aromatic carbocycles. The van der Waals surface area contributed by atoms with Crippen molar-refractivity contribution in [2.24, 2.45) is 17.1 Å². The summed E-state index contributed by atoms with van der Waals surface area (Å²) in [6, 6.07) is 3.85. The van der Waals surface area contributed by atoms with E-state index < -0.39 is 0 Å². The van der Waals surface area contributed by atoms with Crippen LogP contribution in [0.15, 0.2) is 24.5 Å². The van der Waals surface area contributed by atoms with Gasteiger partial charge in [0.25, 0.3) is 0 Å². The van der Waals surface area contributed by atoms with Crippen molar-refractivity contribution < 1.29 is 4.79 Å². The first-order valence-electron chi connectivity index (χ1n) is 6.67. The van der Waals surface area contributed by atoms with E-state index in [0.29, 0.717) is 13.1 Å². The van der Waals surface area contributed by atoms with Gasteiger partial charge in [0, 0.05) is 32.5 Å². The molecule has 2 N–H and O–H groups in total. The highest BCUT2D eigenvalue weighted by Gasteiger charge is 2.26. The molecule has 4 heteroatoms. The van der Waals surface area contributed by atoms with E-state index in [2.05, 4.69) is 25.8 Å². The molecule has 106 valence electrons. The van der Waals surface area contributed by atoms with Crippen molar-refractivity contribution in [1.29, 1.82) is 0 Å². The first-order valence-corrected chi connectivity index (χ1v) is 6.67. The van der Waals surface area contributed by atoms with Crippen molar-refractivity contribution in [1.82, 2.24) is 9.88 Å². The number of nitrogens with two attached hydrogens (primary N) is 1. The Morgan fingerprint density at radius 3 is 2.63 bits per heavy atom. The minimum Gasteiger partial charge on any atom is -0.341 e. The summed E-state index contributed by atoms with van der Waals surface area (Å²) in [6.07, 6.45) is 4.32. The Hall–Kier alpha value is -1.42. The van der Waals surface area contributed by atoms with E-state index in [1.54, 1.807) is 17.3 Å². The molecular formula is C15H25N3O. The minimum absolute atomic E-state index is 0.106. The van der Waals surface area contributed by atoms with Crippen LogP contribution in [0.2, 0.25) is 0 Å². The number of amides is 1. The predicted molar refractivity (Wildman–Crippen MR) is 77.3 cm³/mol. The van der Waals surface area contributed by atoms with E-state index in [9.17, 15) is 4.79 Å². The highest BCUT2D eigenvalue weighted by molar-refractivity contribution is 5.78. The quantitative estimate of drug-likeness (QED) is 0.884. The monoisotopic (exact) mass is 263 g/mol. The Kier molecular flexibility index (Phi) is 5.48. The molecule has 1 heterocycles. The van der Waals surface area contributed by atoms with Crippen molar-refractivity contribution in [2.75, 3.05) is 13.6 Å². The van der Waals surface area contributed by atoms with Crippen LogP contribution >= 0.6 is 0 Å². The van der Waals surface area contributed by atoms with E-state index >= 15 is 0 Å². The lowest BCUT2D eigenvalue weighted by atomic mass is 9.84. The van der Waals surface area contributed by atoms with Crippen molar-refractivity contribution >= 4 is 5.91 Å². The molecule has 0 fully saturated rings. The number of hydrogen-bond donors (Lipinski definition) is 1. The summed E-state index contributed by atoms with van der Waals surface area (Å²) in [5.74, 6) is 0.00273. The summed E-state index contributed by atoms with van der Waals surface area (Å²) in [4.78, 5) is 18.2. The van der Waals surface area contributed by atoms with Crippen LogP contribution in [0, 0.1) is 11.3 Å². The molecule has 0 saturated carbocycles. The van der Waals surface area contributed by atoms with Crippen LogP contribution < -0.4 is 5.73 Å². The summed E-state index contributed by atoms with van der Waals surface area (Å²) in [5, 5.41) is 0. The third-order valence-electron chi connectivity index (χ3n) is 3.01. The lowest BCUT2D eigenvalue weighted by molar-refractivity contribution is -0.135. The fourth-order valence-electron chi connectivity index (χ4n) is 2.17. The fourth-order valence-corrected chi connectivity index (χ4v) is 2.17. The van der Waals surface area contributed by atoms with Crippen molar-refractivity contribution in [3.63, 3.8) is 0 Å². The van der Waals surface area contributed by atoms with Crippen LogP contribution in [0.5, 0.6) is 0 Å². The van der Waals surface area contributed by atoms with Crippen LogP contribution in [0.1, 0.15) is 32.8 Å². The molecule has 1 rings (SSSR count). The highest BCUT2D eigenvalue weighted by Crippen LogP contribution is 2.25. The second-order valence-electron chi connectivity index (χ2n) is 6.25. The van der Waals surface area contributed by atoms with Gasteiger partial charge in [-0.15, -0.1) is 0 Å². The summed E-state index contributed by atoms with van der Waals surface area (Å²) in [6.45, 7) is 7.36. The second kappa shape index (κ2) is 6.66. The average molecular weight is 263 g/mol. The number of rotatable bonds is 5. The molecule has 1 unspecified atom stereocenters. The van der Waals surface area contributed by atoms with Crippen molar-refractivity contribution in [2.45, 2.75) is 33.7 Å². The molecular weight excluding hydrogens is 238 g/mol. The number of pyridine rings is 1. The Balaban J connectivity index is 2.64. The van der Waals surface area contributed by atoms with Crippen LogP contribution in [0.25, 0.3) is 0 Å². The normalized spacial score (nSPS) is 13.1. The summed E-state index contributed by atoms with van der Waals surface area (Å²) < 4.78 is 0.